The Morgan fingerprint density at radius 2 is 1.54 bits per heavy atom. The van der Waals surface area contributed by atoms with Crippen LogP contribution in [0.1, 0.15) is 29.6 Å². The molecule has 3 fully saturated rings. The van der Waals surface area contributed by atoms with Crippen molar-refractivity contribution in [2.45, 2.75) is 19.3 Å². The van der Waals surface area contributed by atoms with Crippen LogP contribution in [0.5, 0.6) is 0 Å². The third-order valence-electron chi connectivity index (χ3n) is 5.92. The summed E-state index contributed by atoms with van der Waals surface area (Å²) in [6, 6.07) is 6.56. The van der Waals surface area contributed by atoms with Crippen LogP contribution < -0.4 is 4.90 Å². The van der Waals surface area contributed by atoms with Crippen molar-refractivity contribution in [2.75, 3.05) is 24.5 Å². The molecule has 2 atom stereocenters. The Hall–Kier alpha value is -2.90. The number of carboxylic acid groups (broad SMARTS) is 2. The number of aliphatic carboxylic acids is 2. The molecular weight excluding hydrogens is 340 g/mol. The third kappa shape index (κ3) is 2.07. The van der Waals surface area contributed by atoms with E-state index < -0.39 is 28.7 Å². The van der Waals surface area contributed by atoms with Crippen LogP contribution >= 0.6 is 0 Å². The zero-order valence-electron chi connectivity index (χ0n) is 14.0. The Morgan fingerprint density at radius 1 is 0.962 bits per heavy atom. The number of carboxylic acids is 2. The molecule has 2 heterocycles. The number of hydrogen-bond donors (Lipinski definition) is 2. The van der Waals surface area contributed by atoms with Gasteiger partial charge in [0, 0.05) is 37.3 Å². The molecule has 1 aliphatic carbocycles. The summed E-state index contributed by atoms with van der Waals surface area (Å²) in [5, 5.41) is 18.9. The number of benzene rings is 1. The molecule has 0 spiro atoms. The lowest BCUT2D eigenvalue weighted by molar-refractivity contribution is -0.151. The van der Waals surface area contributed by atoms with E-state index in [1.165, 1.54) is 4.90 Å². The highest BCUT2D eigenvalue weighted by Crippen LogP contribution is 2.68. The minimum Gasteiger partial charge on any atom is -0.481 e. The summed E-state index contributed by atoms with van der Waals surface area (Å²) in [7, 11) is 0. The van der Waals surface area contributed by atoms with Gasteiger partial charge >= 0.3 is 11.9 Å². The van der Waals surface area contributed by atoms with Gasteiger partial charge in [-0.25, -0.2) is 0 Å². The number of rotatable bonds is 4. The molecule has 4 rings (SSSR count). The Labute approximate surface area is 149 Å². The zero-order chi connectivity index (χ0) is 18.7. The summed E-state index contributed by atoms with van der Waals surface area (Å²) in [5.41, 5.74) is -1.69. The monoisotopic (exact) mass is 358 g/mol. The number of fused-ring (bicyclic) bond motifs is 1. The van der Waals surface area contributed by atoms with E-state index in [-0.39, 0.29) is 25.4 Å². The second-order valence-corrected chi connectivity index (χ2v) is 7.31. The number of carbonyl (C=O) groups is 4. The summed E-state index contributed by atoms with van der Waals surface area (Å²) in [4.78, 5) is 50.6. The van der Waals surface area contributed by atoms with Crippen molar-refractivity contribution in [1.29, 1.82) is 0 Å². The van der Waals surface area contributed by atoms with E-state index in [0.29, 0.717) is 18.5 Å². The van der Waals surface area contributed by atoms with Crippen molar-refractivity contribution in [2.24, 2.45) is 10.8 Å². The second-order valence-electron chi connectivity index (χ2n) is 7.31. The van der Waals surface area contributed by atoms with E-state index in [0.717, 1.165) is 12.1 Å². The van der Waals surface area contributed by atoms with E-state index in [1.54, 1.807) is 29.2 Å². The number of amides is 2. The molecule has 0 radical (unpaired) electrons. The van der Waals surface area contributed by atoms with Gasteiger partial charge in [-0.05, 0) is 37.1 Å². The van der Waals surface area contributed by atoms with Crippen molar-refractivity contribution in [3.63, 3.8) is 0 Å². The molecular formula is C18H18N2O6. The first-order chi connectivity index (χ1) is 12.3. The number of piperidine rings is 1. The average molecular weight is 358 g/mol. The highest BCUT2D eigenvalue weighted by molar-refractivity contribution is 6.00. The zero-order valence-corrected chi connectivity index (χ0v) is 14.0. The van der Waals surface area contributed by atoms with Gasteiger partial charge in [0.25, 0.3) is 5.91 Å². The number of anilines is 1. The molecule has 1 aromatic carbocycles. The van der Waals surface area contributed by atoms with Crippen LogP contribution in [0.4, 0.5) is 5.69 Å². The summed E-state index contributed by atoms with van der Waals surface area (Å²) in [6.45, 7) is 0.459. The van der Waals surface area contributed by atoms with E-state index in [1.807, 2.05) is 0 Å². The number of likely N-dealkylation sites (tertiary alicyclic amines) is 1. The van der Waals surface area contributed by atoms with Crippen molar-refractivity contribution >= 4 is 29.4 Å². The van der Waals surface area contributed by atoms with Gasteiger partial charge in [0.05, 0.1) is 0 Å². The SMILES string of the molecule is O=C(c1ccc(N2CCCC2=O)cc1)N1C[C@@]2(C(=O)O)C[C@@]2(C(=O)O)C1. The van der Waals surface area contributed by atoms with Crippen molar-refractivity contribution < 1.29 is 29.4 Å². The summed E-state index contributed by atoms with van der Waals surface area (Å²) in [5.74, 6) is -2.68. The fourth-order valence-corrected chi connectivity index (χ4v) is 4.32. The molecule has 1 aromatic rings. The highest BCUT2D eigenvalue weighted by Gasteiger charge is 2.81. The lowest BCUT2D eigenvalue weighted by atomic mass is 9.97. The minimum absolute atomic E-state index is 0.0514. The molecule has 0 aromatic heterocycles. The first-order valence-electron chi connectivity index (χ1n) is 8.47. The van der Waals surface area contributed by atoms with Gasteiger partial charge < -0.3 is 20.0 Å². The Morgan fingerprint density at radius 3 is 2.00 bits per heavy atom. The van der Waals surface area contributed by atoms with Crippen LogP contribution in [0.2, 0.25) is 0 Å². The Balaban J connectivity index is 1.53. The lowest BCUT2D eigenvalue weighted by Gasteiger charge is -2.21. The number of nitrogens with zero attached hydrogens (tertiary/aromatic N) is 2. The molecule has 2 aliphatic heterocycles. The predicted octanol–water partition coefficient (Wildman–Crippen LogP) is 0.815. The molecule has 8 nitrogen and oxygen atoms in total. The maximum atomic E-state index is 12.7. The Bertz CT molecular complexity index is 807. The summed E-state index contributed by atoms with van der Waals surface area (Å²) >= 11 is 0. The highest BCUT2D eigenvalue weighted by atomic mass is 16.4. The van der Waals surface area contributed by atoms with Crippen LogP contribution in [0, 0.1) is 10.8 Å². The minimum atomic E-state index is -1.38. The first kappa shape index (κ1) is 16.6. The van der Waals surface area contributed by atoms with Gasteiger partial charge in [-0.3, -0.25) is 19.2 Å². The maximum absolute atomic E-state index is 12.7. The second kappa shape index (κ2) is 5.30. The Kier molecular flexibility index (Phi) is 3.37. The smallest absolute Gasteiger partial charge is 0.312 e. The van der Waals surface area contributed by atoms with Crippen LogP contribution in [-0.4, -0.2) is 58.5 Å². The average Bonchev–Trinajstić information content (AvgIpc) is 2.91. The standard InChI is InChI=1S/C18H18N2O6/c21-13-2-1-7-20(13)12-5-3-11(4-6-12)14(22)19-9-17(15(23)24)8-18(17,10-19)16(25)26/h3-6H,1-2,7-10H2,(H,23,24)(H,25,26)/t17-,18+. The maximum Gasteiger partial charge on any atom is 0.312 e. The van der Waals surface area contributed by atoms with Crippen LogP contribution in [0.25, 0.3) is 0 Å². The normalized spacial score (nSPS) is 29.6. The summed E-state index contributed by atoms with van der Waals surface area (Å²) in [6.07, 6.45) is 1.38. The molecule has 2 N–H and O–H groups in total. The van der Waals surface area contributed by atoms with Gasteiger partial charge in [0.15, 0.2) is 0 Å². The van der Waals surface area contributed by atoms with E-state index in [4.69, 9.17) is 0 Å². The quantitative estimate of drug-likeness (QED) is 0.823. The van der Waals surface area contributed by atoms with Crippen molar-refractivity contribution in [1.82, 2.24) is 4.90 Å². The van der Waals surface area contributed by atoms with Crippen LogP contribution in [0.3, 0.4) is 0 Å². The molecule has 2 saturated heterocycles. The molecule has 2 amide bonds. The van der Waals surface area contributed by atoms with Gasteiger partial charge in [-0.15, -0.1) is 0 Å². The molecule has 0 bridgehead atoms. The van der Waals surface area contributed by atoms with Crippen molar-refractivity contribution in [3.8, 4) is 0 Å². The van der Waals surface area contributed by atoms with E-state index in [2.05, 4.69) is 0 Å². The summed E-state index contributed by atoms with van der Waals surface area (Å²) < 4.78 is 0. The van der Waals surface area contributed by atoms with Gasteiger partial charge in [-0.2, -0.15) is 0 Å². The fourth-order valence-electron chi connectivity index (χ4n) is 4.32. The molecule has 3 aliphatic rings. The largest absolute Gasteiger partial charge is 0.481 e. The predicted molar refractivity (Wildman–Crippen MR) is 88.7 cm³/mol. The molecule has 0 unspecified atom stereocenters. The number of hydrogen-bond acceptors (Lipinski definition) is 4. The molecule has 136 valence electrons. The molecule has 26 heavy (non-hydrogen) atoms. The molecule has 8 heteroatoms. The van der Waals surface area contributed by atoms with Gasteiger partial charge in [-0.1, -0.05) is 0 Å². The topological polar surface area (TPSA) is 115 Å². The van der Waals surface area contributed by atoms with Crippen LogP contribution in [0.15, 0.2) is 24.3 Å². The van der Waals surface area contributed by atoms with Gasteiger partial charge in [0.1, 0.15) is 10.8 Å². The van der Waals surface area contributed by atoms with Crippen LogP contribution in [-0.2, 0) is 14.4 Å². The van der Waals surface area contributed by atoms with Crippen molar-refractivity contribution in [3.05, 3.63) is 29.8 Å². The first-order valence-corrected chi connectivity index (χ1v) is 8.47. The fraction of sp³-hybridized carbons (Fsp3) is 0.444. The lowest BCUT2D eigenvalue weighted by Crippen LogP contribution is -2.34. The van der Waals surface area contributed by atoms with E-state index >= 15 is 0 Å². The third-order valence-corrected chi connectivity index (χ3v) is 5.92. The molecule has 1 saturated carbocycles. The van der Waals surface area contributed by atoms with Gasteiger partial charge in [0.2, 0.25) is 5.91 Å². The van der Waals surface area contributed by atoms with E-state index in [9.17, 15) is 29.4 Å². The number of carbonyl (C=O) groups excluding carboxylic acids is 2.